The van der Waals surface area contributed by atoms with Gasteiger partial charge < -0.3 is 9.88 Å². The summed E-state index contributed by atoms with van der Waals surface area (Å²) in [7, 11) is 0. The van der Waals surface area contributed by atoms with Gasteiger partial charge in [-0.3, -0.25) is 4.79 Å². The van der Waals surface area contributed by atoms with Crippen LogP contribution in [0.5, 0.6) is 0 Å². The van der Waals surface area contributed by atoms with Crippen LogP contribution in [0.4, 0.5) is 5.00 Å². The molecule has 1 fully saturated rings. The summed E-state index contributed by atoms with van der Waals surface area (Å²) in [5.41, 5.74) is 1.83. The second kappa shape index (κ2) is 10.8. The van der Waals surface area contributed by atoms with E-state index in [4.69, 9.17) is 0 Å². The van der Waals surface area contributed by atoms with Crippen molar-refractivity contribution in [3.8, 4) is 6.07 Å². The molecular weight excluding hydrogens is 438 g/mol. The van der Waals surface area contributed by atoms with Crippen molar-refractivity contribution >= 4 is 34.0 Å². The molecule has 6 nitrogen and oxygen atoms in total. The maximum absolute atomic E-state index is 12.7. The van der Waals surface area contributed by atoms with Crippen molar-refractivity contribution in [2.24, 2.45) is 11.8 Å². The second-order valence-electron chi connectivity index (χ2n) is 9.02. The Hall–Kier alpha value is -1.85. The average molecular weight is 472 g/mol. The number of thioether (sulfide) groups is 1. The quantitative estimate of drug-likeness (QED) is 0.507. The molecule has 8 heteroatoms. The number of carbonyl (C=O) groups excluding carboxylic acids is 1. The summed E-state index contributed by atoms with van der Waals surface area (Å²) in [4.78, 5) is 14.0. The maximum Gasteiger partial charge on any atom is 0.235 e. The third-order valence-electron chi connectivity index (χ3n) is 6.95. The number of carbonyl (C=O) groups is 1. The zero-order valence-corrected chi connectivity index (χ0v) is 20.8. The standard InChI is InChI=1S/C24H33N5OS2/c1-3-16-10-11-18-19(14-25)23(32-20(18)12-16)26-22(30)15-31-24-28-27-21(29(24)4-2)13-17-8-6-5-7-9-17/h16-17H,3-13,15H2,1-2H3,(H,26,30). The van der Waals surface area contributed by atoms with Gasteiger partial charge in [0.15, 0.2) is 5.16 Å². The lowest BCUT2D eigenvalue weighted by molar-refractivity contribution is -0.113. The molecule has 172 valence electrons. The van der Waals surface area contributed by atoms with Crippen LogP contribution in [-0.2, 0) is 30.6 Å². The minimum atomic E-state index is -0.0865. The van der Waals surface area contributed by atoms with Crippen LogP contribution in [0.3, 0.4) is 0 Å². The van der Waals surface area contributed by atoms with Gasteiger partial charge in [0.05, 0.1) is 11.3 Å². The molecule has 2 heterocycles. The first-order valence-electron chi connectivity index (χ1n) is 12.0. The van der Waals surface area contributed by atoms with Crippen LogP contribution in [0, 0.1) is 23.2 Å². The lowest BCUT2D eigenvalue weighted by Crippen LogP contribution is -2.15. The first kappa shape index (κ1) is 23.3. The number of hydrogen-bond acceptors (Lipinski definition) is 6. The van der Waals surface area contributed by atoms with Gasteiger partial charge in [-0.25, -0.2) is 0 Å². The fourth-order valence-electron chi connectivity index (χ4n) is 5.05. The smallest absolute Gasteiger partial charge is 0.235 e. The molecule has 1 atom stereocenters. The molecule has 1 unspecified atom stereocenters. The van der Waals surface area contributed by atoms with Crippen molar-refractivity contribution in [1.82, 2.24) is 14.8 Å². The van der Waals surface area contributed by atoms with Crippen LogP contribution >= 0.6 is 23.1 Å². The summed E-state index contributed by atoms with van der Waals surface area (Å²) in [5.74, 6) is 2.63. The molecule has 0 aliphatic heterocycles. The van der Waals surface area contributed by atoms with Gasteiger partial charge in [0.2, 0.25) is 5.91 Å². The highest BCUT2D eigenvalue weighted by Crippen LogP contribution is 2.40. The van der Waals surface area contributed by atoms with E-state index in [1.807, 2.05) is 0 Å². The number of rotatable bonds is 8. The van der Waals surface area contributed by atoms with Gasteiger partial charge in [-0.2, -0.15) is 5.26 Å². The van der Waals surface area contributed by atoms with Gasteiger partial charge in [-0.1, -0.05) is 57.2 Å². The molecule has 1 amide bonds. The third kappa shape index (κ3) is 5.20. The van der Waals surface area contributed by atoms with E-state index in [2.05, 4.69) is 40.0 Å². The number of aromatic nitrogens is 3. The number of nitrogens with zero attached hydrogens (tertiary/aromatic N) is 4. The summed E-state index contributed by atoms with van der Waals surface area (Å²) in [6, 6.07) is 2.34. The molecule has 2 aromatic heterocycles. The number of amides is 1. The Labute approximate surface area is 199 Å². The highest BCUT2D eigenvalue weighted by atomic mass is 32.2. The van der Waals surface area contributed by atoms with E-state index in [-0.39, 0.29) is 11.7 Å². The van der Waals surface area contributed by atoms with Gasteiger partial charge in [0.1, 0.15) is 16.9 Å². The zero-order valence-electron chi connectivity index (χ0n) is 19.2. The lowest BCUT2D eigenvalue weighted by Gasteiger charge is -2.21. The average Bonchev–Trinajstić information content (AvgIpc) is 3.37. The Bertz CT molecular complexity index is 983. The topological polar surface area (TPSA) is 83.6 Å². The van der Waals surface area contributed by atoms with Crippen LogP contribution < -0.4 is 5.32 Å². The van der Waals surface area contributed by atoms with Crippen molar-refractivity contribution < 1.29 is 4.79 Å². The van der Waals surface area contributed by atoms with Crippen LogP contribution in [0.15, 0.2) is 5.16 Å². The van der Waals surface area contributed by atoms with Crippen LogP contribution in [0.2, 0.25) is 0 Å². The second-order valence-corrected chi connectivity index (χ2v) is 11.1. The number of nitriles is 1. The van der Waals surface area contributed by atoms with E-state index in [1.165, 1.54) is 55.2 Å². The lowest BCUT2D eigenvalue weighted by atomic mass is 9.86. The molecule has 0 aromatic carbocycles. The molecule has 0 saturated heterocycles. The highest BCUT2D eigenvalue weighted by Gasteiger charge is 2.26. The molecule has 1 N–H and O–H groups in total. The fourth-order valence-corrected chi connectivity index (χ4v) is 7.20. The van der Waals surface area contributed by atoms with E-state index < -0.39 is 0 Å². The number of thiophene rings is 1. The first-order valence-corrected chi connectivity index (χ1v) is 13.8. The van der Waals surface area contributed by atoms with Crippen LogP contribution in [-0.4, -0.2) is 26.4 Å². The fraction of sp³-hybridized carbons (Fsp3) is 0.667. The van der Waals surface area contributed by atoms with E-state index in [1.54, 1.807) is 11.3 Å². The van der Waals surface area contributed by atoms with E-state index in [9.17, 15) is 10.1 Å². The number of hydrogen-bond donors (Lipinski definition) is 1. The van der Waals surface area contributed by atoms with Crippen LogP contribution in [0.1, 0.15) is 80.6 Å². The predicted octanol–water partition coefficient (Wildman–Crippen LogP) is 5.60. The molecule has 2 aromatic rings. The molecule has 1 saturated carbocycles. The van der Waals surface area contributed by atoms with Crippen LogP contribution in [0.25, 0.3) is 0 Å². The van der Waals surface area contributed by atoms with Gasteiger partial charge in [-0.15, -0.1) is 21.5 Å². The van der Waals surface area contributed by atoms with Gasteiger partial charge in [0, 0.05) is 17.8 Å². The Morgan fingerprint density at radius 1 is 1.22 bits per heavy atom. The van der Waals surface area contributed by atoms with E-state index >= 15 is 0 Å². The van der Waals surface area contributed by atoms with Gasteiger partial charge in [-0.05, 0) is 43.6 Å². The molecule has 0 bridgehead atoms. The summed E-state index contributed by atoms with van der Waals surface area (Å²) >= 11 is 3.02. The van der Waals surface area contributed by atoms with Crippen molar-refractivity contribution in [3.05, 3.63) is 21.8 Å². The SMILES string of the molecule is CCC1CCc2c(sc(NC(=O)CSc3nnc(CC4CCCCC4)n3CC)c2C#N)C1. The summed E-state index contributed by atoms with van der Waals surface area (Å²) in [6.07, 6.45) is 11.8. The van der Waals surface area contributed by atoms with Crippen molar-refractivity contribution in [1.29, 1.82) is 5.26 Å². The number of nitrogens with one attached hydrogen (secondary N) is 1. The number of anilines is 1. The van der Waals surface area contributed by atoms with E-state index in [0.717, 1.165) is 53.8 Å². The molecule has 4 rings (SSSR count). The minimum absolute atomic E-state index is 0.0865. The Morgan fingerprint density at radius 3 is 2.75 bits per heavy atom. The van der Waals surface area contributed by atoms with Gasteiger partial charge in [0.25, 0.3) is 0 Å². The predicted molar refractivity (Wildman–Crippen MR) is 130 cm³/mol. The van der Waals surface area contributed by atoms with Crippen molar-refractivity contribution in [3.63, 3.8) is 0 Å². The Kier molecular flexibility index (Phi) is 7.90. The first-order chi connectivity index (χ1) is 15.6. The normalized spacial score (nSPS) is 18.8. The largest absolute Gasteiger partial charge is 0.316 e. The maximum atomic E-state index is 12.7. The summed E-state index contributed by atoms with van der Waals surface area (Å²) in [5, 5.41) is 23.1. The molecule has 32 heavy (non-hydrogen) atoms. The Balaban J connectivity index is 1.37. The monoisotopic (exact) mass is 471 g/mol. The summed E-state index contributed by atoms with van der Waals surface area (Å²) < 4.78 is 2.15. The highest BCUT2D eigenvalue weighted by molar-refractivity contribution is 7.99. The third-order valence-corrected chi connectivity index (χ3v) is 9.08. The van der Waals surface area contributed by atoms with Crippen molar-refractivity contribution in [2.45, 2.75) is 89.8 Å². The molecular formula is C24H33N5OS2. The molecule has 0 radical (unpaired) electrons. The Morgan fingerprint density at radius 2 is 2.03 bits per heavy atom. The molecule has 0 spiro atoms. The van der Waals surface area contributed by atoms with Gasteiger partial charge >= 0.3 is 0 Å². The molecule has 2 aliphatic carbocycles. The van der Waals surface area contributed by atoms with E-state index in [0.29, 0.717) is 17.4 Å². The number of fused-ring (bicyclic) bond motifs is 1. The minimum Gasteiger partial charge on any atom is -0.316 e. The van der Waals surface area contributed by atoms with Crippen molar-refractivity contribution in [2.75, 3.05) is 11.1 Å². The summed E-state index contributed by atoms with van der Waals surface area (Å²) in [6.45, 7) is 5.15. The molecule has 2 aliphatic rings. The zero-order chi connectivity index (χ0) is 22.5.